The molecule has 4 N–H and O–H groups in total. The maximum atomic E-state index is 12.0. The van der Waals surface area contributed by atoms with Crippen LogP contribution in [0.4, 0.5) is 5.69 Å². The molecule has 7 heteroatoms. The fourth-order valence-electron chi connectivity index (χ4n) is 2.55. The average Bonchev–Trinajstić information content (AvgIpc) is 2.76. The molecule has 2 heterocycles. The van der Waals surface area contributed by atoms with Crippen molar-refractivity contribution in [3.63, 3.8) is 0 Å². The van der Waals surface area contributed by atoms with Gasteiger partial charge in [-0.2, -0.15) is 0 Å². The third kappa shape index (κ3) is 1.92. The van der Waals surface area contributed by atoms with E-state index in [1.54, 1.807) is 22.8 Å². The zero-order valence-corrected chi connectivity index (χ0v) is 10.7. The summed E-state index contributed by atoms with van der Waals surface area (Å²) >= 11 is 0. The van der Waals surface area contributed by atoms with Crippen LogP contribution >= 0.6 is 0 Å². The number of piperidine rings is 1. The first-order valence-electron chi connectivity index (χ1n) is 6.31. The van der Waals surface area contributed by atoms with Gasteiger partial charge >= 0.3 is 0 Å². The highest BCUT2D eigenvalue weighted by Gasteiger charge is 2.30. The Hall–Kier alpha value is -2.41. The monoisotopic (exact) mass is 274 g/mol. The molecule has 0 bridgehead atoms. The van der Waals surface area contributed by atoms with Crippen LogP contribution in [0.15, 0.2) is 18.2 Å². The molecule has 1 unspecified atom stereocenters. The summed E-state index contributed by atoms with van der Waals surface area (Å²) in [5.41, 5.74) is 7.62. The van der Waals surface area contributed by atoms with Crippen LogP contribution < -0.4 is 11.1 Å². The van der Waals surface area contributed by atoms with E-state index in [4.69, 9.17) is 5.73 Å². The van der Waals surface area contributed by atoms with E-state index in [9.17, 15) is 14.7 Å². The predicted molar refractivity (Wildman–Crippen MR) is 71.5 cm³/mol. The Kier molecular flexibility index (Phi) is 2.90. The molecule has 0 saturated carbocycles. The van der Waals surface area contributed by atoms with Gasteiger partial charge in [-0.3, -0.25) is 14.9 Å². The molecule has 1 aromatic heterocycles. The number of rotatable bonds is 2. The molecule has 0 spiro atoms. The van der Waals surface area contributed by atoms with Gasteiger partial charge in [0.25, 0.3) is 0 Å². The minimum Gasteiger partial charge on any atom is -0.399 e. The average molecular weight is 274 g/mol. The van der Waals surface area contributed by atoms with Crippen molar-refractivity contribution in [2.75, 3.05) is 5.73 Å². The van der Waals surface area contributed by atoms with Gasteiger partial charge in [0, 0.05) is 12.1 Å². The number of anilines is 1. The number of hydrogen-bond donors (Lipinski definition) is 3. The van der Waals surface area contributed by atoms with Gasteiger partial charge in [-0.15, -0.1) is 0 Å². The molecule has 0 aliphatic carbocycles. The molecule has 2 aromatic rings. The number of hydrogen-bond acceptors (Lipinski definition) is 5. The van der Waals surface area contributed by atoms with Crippen molar-refractivity contribution in [1.82, 2.24) is 14.9 Å². The lowest BCUT2D eigenvalue weighted by molar-refractivity contribution is -0.135. The first-order valence-corrected chi connectivity index (χ1v) is 6.31. The lowest BCUT2D eigenvalue weighted by Crippen LogP contribution is -2.42. The lowest BCUT2D eigenvalue weighted by atomic mass is 10.1. The molecular formula is C13H14N4O3. The standard InChI is InChI=1S/C13H14N4O3/c14-7-1-2-9-8(5-7)15-11(6-18)17(9)10-3-4-12(19)16-13(10)20/h1-2,5,10,18H,3-4,6,14H2,(H,16,19,20). The summed E-state index contributed by atoms with van der Waals surface area (Å²) in [6.45, 7) is -0.285. The fourth-order valence-corrected chi connectivity index (χ4v) is 2.55. The number of carbonyl (C=O) groups excluding carboxylic acids is 2. The number of imidazole rings is 1. The molecule has 1 aromatic carbocycles. The first-order chi connectivity index (χ1) is 9.60. The second kappa shape index (κ2) is 4.61. The number of benzene rings is 1. The highest BCUT2D eigenvalue weighted by Crippen LogP contribution is 2.27. The molecule has 104 valence electrons. The van der Waals surface area contributed by atoms with E-state index < -0.39 is 6.04 Å². The SMILES string of the molecule is Nc1ccc2c(c1)nc(CO)n2C1CCC(=O)NC1=O. The van der Waals surface area contributed by atoms with Gasteiger partial charge in [-0.1, -0.05) is 0 Å². The third-order valence-corrected chi connectivity index (χ3v) is 3.45. The van der Waals surface area contributed by atoms with Crippen molar-refractivity contribution in [3.05, 3.63) is 24.0 Å². The van der Waals surface area contributed by atoms with Crippen LogP contribution in [0, 0.1) is 0 Å². The van der Waals surface area contributed by atoms with Gasteiger partial charge in [-0.25, -0.2) is 4.98 Å². The number of aliphatic hydroxyl groups is 1. The summed E-state index contributed by atoms with van der Waals surface area (Å²) in [6.07, 6.45) is 0.670. The van der Waals surface area contributed by atoms with Crippen molar-refractivity contribution in [2.45, 2.75) is 25.5 Å². The molecule has 3 rings (SSSR count). The largest absolute Gasteiger partial charge is 0.399 e. The van der Waals surface area contributed by atoms with E-state index >= 15 is 0 Å². The Morgan fingerprint density at radius 3 is 2.95 bits per heavy atom. The molecule has 1 aliphatic heterocycles. The topological polar surface area (TPSA) is 110 Å². The van der Waals surface area contributed by atoms with Gasteiger partial charge in [-0.05, 0) is 24.6 Å². The zero-order chi connectivity index (χ0) is 14.3. The van der Waals surface area contributed by atoms with Crippen molar-refractivity contribution >= 4 is 28.5 Å². The van der Waals surface area contributed by atoms with Crippen molar-refractivity contribution in [3.8, 4) is 0 Å². The number of fused-ring (bicyclic) bond motifs is 1. The van der Waals surface area contributed by atoms with E-state index in [-0.39, 0.29) is 24.8 Å². The van der Waals surface area contributed by atoms with Crippen LogP contribution in [-0.2, 0) is 16.2 Å². The molecule has 2 amide bonds. The van der Waals surface area contributed by atoms with Crippen molar-refractivity contribution in [1.29, 1.82) is 0 Å². The van der Waals surface area contributed by atoms with Gasteiger partial charge in [0.2, 0.25) is 11.8 Å². The smallest absolute Gasteiger partial charge is 0.249 e. The minimum atomic E-state index is -0.538. The summed E-state index contributed by atoms with van der Waals surface area (Å²) in [5, 5.41) is 11.8. The molecule has 1 aliphatic rings. The van der Waals surface area contributed by atoms with Crippen LogP contribution in [0.3, 0.4) is 0 Å². The Bertz CT molecular complexity index is 707. The predicted octanol–water partition coefficient (Wildman–Crippen LogP) is 0.0885. The van der Waals surface area contributed by atoms with Crippen LogP contribution in [-0.4, -0.2) is 26.5 Å². The highest BCUT2D eigenvalue weighted by atomic mass is 16.3. The Morgan fingerprint density at radius 2 is 2.25 bits per heavy atom. The van der Waals surface area contributed by atoms with Crippen LogP contribution in [0.25, 0.3) is 11.0 Å². The van der Waals surface area contributed by atoms with Gasteiger partial charge < -0.3 is 15.4 Å². The van der Waals surface area contributed by atoms with E-state index in [1.807, 2.05) is 0 Å². The number of aliphatic hydroxyl groups excluding tert-OH is 1. The van der Waals surface area contributed by atoms with Crippen LogP contribution in [0.5, 0.6) is 0 Å². The summed E-state index contributed by atoms with van der Waals surface area (Å²) in [7, 11) is 0. The molecule has 7 nitrogen and oxygen atoms in total. The van der Waals surface area contributed by atoms with E-state index in [2.05, 4.69) is 10.3 Å². The minimum absolute atomic E-state index is 0.273. The summed E-state index contributed by atoms with van der Waals surface area (Å²) in [4.78, 5) is 27.5. The van der Waals surface area contributed by atoms with Crippen molar-refractivity contribution < 1.29 is 14.7 Å². The molecular weight excluding hydrogens is 260 g/mol. The Labute approximate surface area is 114 Å². The van der Waals surface area contributed by atoms with Gasteiger partial charge in [0.1, 0.15) is 18.5 Å². The van der Waals surface area contributed by atoms with E-state index in [1.165, 1.54) is 0 Å². The number of aromatic nitrogens is 2. The number of imide groups is 1. The summed E-state index contributed by atoms with van der Waals surface area (Å²) < 4.78 is 1.68. The second-order valence-electron chi connectivity index (χ2n) is 4.77. The van der Waals surface area contributed by atoms with Crippen LogP contribution in [0.2, 0.25) is 0 Å². The second-order valence-corrected chi connectivity index (χ2v) is 4.77. The summed E-state index contributed by atoms with van der Waals surface area (Å²) in [6, 6.07) is 4.63. The number of nitrogens with one attached hydrogen (secondary N) is 1. The number of nitrogens with zero attached hydrogens (tertiary/aromatic N) is 2. The molecule has 20 heavy (non-hydrogen) atoms. The number of amides is 2. The lowest BCUT2D eigenvalue weighted by Gasteiger charge is -2.24. The van der Waals surface area contributed by atoms with Gasteiger partial charge in [0.15, 0.2) is 0 Å². The quantitative estimate of drug-likeness (QED) is 0.531. The normalized spacial score (nSPS) is 19.4. The maximum Gasteiger partial charge on any atom is 0.249 e. The first kappa shape index (κ1) is 12.6. The third-order valence-electron chi connectivity index (χ3n) is 3.45. The summed E-state index contributed by atoms with van der Waals surface area (Å²) in [5.74, 6) is -0.252. The van der Waals surface area contributed by atoms with E-state index in [0.29, 0.717) is 23.4 Å². The van der Waals surface area contributed by atoms with Crippen molar-refractivity contribution in [2.24, 2.45) is 0 Å². The Morgan fingerprint density at radius 1 is 1.45 bits per heavy atom. The number of carbonyl (C=O) groups is 2. The molecule has 1 atom stereocenters. The Balaban J connectivity index is 2.14. The van der Waals surface area contributed by atoms with Crippen LogP contribution in [0.1, 0.15) is 24.7 Å². The molecule has 1 saturated heterocycles. The highest BCUT2D eigenvalue weighted by molar-refractivity contribution is 6.00. The van der Waals surface area contributed by atoms with Gasteiger partial charge in [0.05, 0.1) is 11.0 Å². The molecule has 0 radical (unpaired) electrons. The maximum absolute atomic E-state index is 12.0. The zero-order valence-electron chi connectivity index (χ0n) is 10.7. The molecule has 1 fully saturated rings. The fraction of sp³-hybridized carbons (Fsp3) is 0.308. The number of nitrogen functional groups attached to an aromatic ring is 1. The van der Waals surface area contributed by atoms with E-state index in [0.717, 1.165) is 5.52 Å². The number of nitrogens with two attached hydrogens (primary N) is 1.